The van der Waals surface area contributed by atoms with E-state index in [1.807, 2.05) is 6.92 Å². The van der Waals surface area contributed by atoms with Crippen molar-refractivity contribution in [2.24, 2.45) is 5.84 Å². The Balaban J connectivity index is 2.88. The van der Waals surface area contributed by atoms with Gasteiger partial charge < -0.3 is 4.74 Å². The van der Waals surface area contributed by atoms with Crippen molar-refractivity contribution in [2.75, 3.05) is 0 Å². The van der Waals surface area contributed by atoms with Gasteiger partial charge in [-0.25, -0.2) is 5.84 Å². The van der Waals surface area contributed by atoms with E-state index < -0.39 is 5.60 Å². The summed E-state index contributed by atoms with van der Waals surface area (Å²) in [5.74, 6) is 5.26. The molecule has 1 amide bonds. The molecule has 88 valence electrons. The molecule has 0 aliphatic heterocycles. The lowest BCUT2D eigenvalue weighted by molar-refractivity contribution is -0.134. The molecule has 0 saturated carbocycles. The number of carbonyl (C=O) groups excluding carboxylic acids is 1. The van der Waals surface area contributed by atoms with Gasteiger partial charge in [-0.05, 0) is 44.5 Å². The predicted octanol–water partition coefficient (Wildman–Crippen LogP) is 1.80. The molecule has 0 fully saturated rings. The maximum absolute atomic E-state index is 11.4. The van der Waals surface area contributed by atoms with E-state index in [1.54, 1.807) is 32.0 Å². The van der Waals surface area contributed by atoms with Gasteiger partial charge in [0.25, 0.3) is 5.91 Å². The fourth-order valence-electron chi connectivity index (χ4n) is 1.20. The van der Waals surface area contributed by atoms with Crippen LogP contribution in [-0.4, -0.2) is 11.5 Å². The molecule has 1 aromatic rings. The number of nitrogens with one attached hydrogen (secondary N) is 1. The van der Waals surface area contributed by atoms with Crippen LogP contribution >= 0.6 is 11.6 Å². The first-order chi connectivity index (χ1) is 7.36. The van der Waals surface area contributed by atoms with Crippen LogP contribution in [0.25, 0.3) is 0 Å². The molecule has 0 aliphatic rings. The van der Waals surface area contributed by atoms with Crippen LogP contribution in [0.4, 0.5) is 0 Å². The largest absolute Gasteiger partial charge is 0.478 e. The quantitative estimate of drug-likeness (QED) is 0.483. The Hall–Kier alpha value is -1.26. The molecule has 0 bridgehead atoms. The van der Waals surface area contributed by atoms with Gasteiger partial charge in [0.15, 0.2) is 5.60 Å². The zero-order valence-corrected chi connectivity index (χ0v) is 10.3. The topological polar surface area (TPSA) is 64.3 Å². The zero-order chi connectivity index (χ0) is 12.3. The Morgan fingerprint density at radius 2 is 2.12 bits per heavy atom. The van der Waals surface area contributed by atoms with Crippen molar-refractivity contribution >= 4 is 17.5 Å². The predicted molar refractivity (Wildman–Crippen MR) is 63.2 cm³/mol. The summed E-state index contributed by atoms with van der Waals surface area (Å²) >= 11 is 5.89. The summed E-state index contributed by atoms with van der Waals surface area (Å²) in [6.07, 6.45) is 0. The molecule has 0 heterocycles. The van der Waals surface area contributed by atoms with Crippen molar-refractivity contribution in [3.05, 3.63) is 28.8 Å². The second-order valence-electron chi connectivity index (χ2n) is 4.00. The van der Waals surface area contributed by atoms with E-state index in [1.165, 1.54) is 0 Å². The molecule has 3 N–H and O–H groups in total. The number of benzene rings is 1. The maximum Gasteiger partial charge on any atom is 0.277 e. The zero-order valence-electron chi connectivity index (χ0n) is 9.50. The molecule has 4 nitrogen and oxygen atoms in total. The smallest absolute Gasteiger partial charge is 0.277 e. The molecule has 0 saturated heterocycles. The van der Waals surface area contributed by atoms with Crippen molar-refractivity contribution in [1.82, 2.24) is 5.43 Å². The van der Waals surface area contributed by atoms with E-state index in [-0.39, 0.29) is 5.91 Å². The van der Waals surface area contributed by atoms with Gasteiger partial charge in [-0.1, -0.05) is 11.6 Å². The van der Waals surface area contributed by atoms with Crippen molar-refractivity contribution < 1.29 is 9.53 Å². The Morgan fingerprint density at radius 1 is 1.50 bits per heavy atom. The van der Waals surface area contributed by atoms with Gasteiger partial charge >= 0.3 is 0 Å². The summed E-state index contributed by atoms with van der Waals surface area (Å²) in [7, 11) is 0. The Kier molecular flexibility index (Phi) is 3.78. The third kappa shape index (κ3) is 2.87. The summed E-state index contributed by atoms with van der Waals surface area (Å²) in [6.45, 7) is 5.14. The Morgan fingerprint density at radius 3 is 2.62 bits per heavy atom. The van der Waals surface area contributed by atoms with Crippen LogP contribution in [0.1, 0.15) is 19.4 Å². The fraction of sp³-hybridized carbons (Fsp3) is 0.364. The van der Waals surface area contributed by atoms with Crippen LogP contribution in [0, 0.1) is 6.92 Å². The highest BCUT2D eigenvalue weighted by Gasteiger charge is 2.29. The van der Waals surface area contributed by atoms with Crippen molar-refractivity contribution in [3.8, 4) is 5.75 Å². The van der Waals surface area contributed by atoms with E-state index in [2.05, 4.69) is 5.43 Å². The molecule has 0 aliphatic carbocycles. The van der Waals surface area contributed by atoms with Gasteiger partial charge in [-0.2, -0.15) is 0 Å². The molecule has 0 radical (unpaired) electrons. The molecular formula is C11H15ClN2O2. The highest BCUT2D eigenvalue weighted by atomic mass is 35.5. The fourth-order valence-corrected chi connectivity index (χ4v) is 1.31. The van der Waals surface area contributed by atoms with Crippen LogP contribution in [0.15, 0.2) is 18.2 Å². The van der Waals surface area contributed by atoms with Crippen LogP contribution in [-0.2, 0) is 4.79 Å². The Bertz CT molecular complexity index is 405. The van der Waals surface area contributed by atoms with Gasteiger partial charge in [0.05, 0.1) is 0 Å². The first-order valence-corrected chi connectivity index (χ1v) is 5.21. The van der Waals surface area contributed by atoms with Gasteiger partial charge in [-0.15, -0.1) is 0 Å². The molecule has 5 heteroatoms. The summed E-state index contributed by atoms with van der Waals surface area (Å²) < 4.78 is 5.54. The van der Waals surface area contributed by atoms with E-state index in [0.29, 0.717) is 10.8 Å². The summed E-state index contributed by atoms with van der Waals surface area (Å²) in [6, 6.07) is 5.21. The monoisotopic (exact) mass is 242 g/mol. The molecule has 0 spiro atoms. The number of hydrazine groups is 1. The summed E-state index contributed by atoms with van der Waals surface area (Å²) in [5, 5.41) is 0.661. The summed E-state index contributed by atoms with van der Waals surface area (Å²) in [5.41, 5.74) is 1.93. The lowest BCUT2D eigenvalue weighted by Crippen LogP contribution is -2.49. The van der Waals surface area contributed by atoms with Gasteiger partial charge in [0.1, 0.15) is 5.75 Å². The second-order valence-corrected chi connectivity index (χ2v) is 4.40. The number of carbonyl (C=O) groups is 1. The number of nitrogens with two attached hydrogens (primary N) is 1. The highest BCUT2D eigenvalue weighted by molar-refractivity contribution is 6.31. The second kappa shape index (κ2) is 4.72. The van der Waals surface area contributed by atoms with E-state index in [9.17, 15) is 4.79 Å². The van der Waals surface area contributed by atoms with Gasteiger partial charge in [0, 0.05) is 5.02 Å². The number of hydrogen-bond acceptors (Lipinski definition) is 3. The lowest BCUT2D eigenvalue weighted by atomic mass is 10.1. The maximum atomic E-state index is 11.4. The van der Waals surface area contributed by atoms with E-state index in [4.69, 9.17) is 22.2 Å². The van der Waals surface area contributed by atoms with Crippen LogP contribution < -0.4 is 16.0 Å². The number of hydrogen-bond donors (Lipinski definition) is 2. The van der Waals surface area contributed by atoms with E-state index >= 15 is 0 Å². The molecule has 16 heavy (non-hydrogen) atoms. The normalized spacial score (nSPS) is 11.1. The SMILES string of the molecule is Cc1cc(OC(C)(C)C(=O)NN)ccc1Cl. The van der Waals surface area contributed by atoms with E-state index in [0.717, 1.165) is 5.56 Å². The number of ether oxygens (including phenoxy) is 1. The number of rotatable bonds is 3. The first-order valence-electron chi connectivity index (χ1n) is 4.83. The van der Waals surface area contributed by atoms with Crippen molar-refractivity contribution in [2.45, 2.75) is 26.4 Å². The minimum absolute atomic E-state index is 0.389. The van der Waals surface area contributed by atoms with Gasteiger partial charge in [0.2, 0.25) is 0 Å². The van der Waals surface area contributed by atoms with Crippen LogP contribution in [0.3, 0.4) is 0 Å². The minimum atomic E-state index is -1.02. The average Bonchev–Trinajstić information content (AvgIpc) is 2.22. The molecule has 0 unspecified atom stereocenters. The highest BCUT2D eigenvalue weighted by Crippen LogP contribution is 2.24. The van der Waals surface area contributed by atoms with Crippen molar-refractivity contribution in [1.29, 1.82) is 0 Å². The van der Waals surface area contributed by atoms with Crippen LogP contribution in [0.2, 0.25) is 5.02 Å². The molecule has 1 rings (SSSR count). The van der Waals surface area contributed by atoms with Gasteiger partial charge in [-0.3, -0.25) is 10.2 Å². The standard InChI is InChI=1S/C11H15ClN2O2/c1-7-6-8(4-5-9(7)12)16-11(2,3)10(15)14-13/h4-6H,13H2,1-3H3,(H,14,15). The third-order valence-electron chi connectivity index (χ3n) is 2.18. The average molecular weight is 243 g/mol. The molecule has 0 atom stereocenters. The lowest BCUT2D eigenvalue weighted by Gasteiger charge is -2.24. The number of aryl methyl sites for hydroxylation is 1. The first kappa shape index (κ1) is 12.8. The molecule has 1 aromatic carbocycles. The number of amides is 1. The minimum Gasteiger partial charge on any atom is -0.478 e. The van der Waals surface area contributed by atoms with Crippen molar-refractivity contribution in [3.63, 3.8) is 0 Å². The number of halogens is 1. The Labute approximate surface area is 99.7 Å². The summed E-state index contributed by atoms with van der Waals surface area (Å²) in [4.78, 5) is 11.4. The molecular weight excluding hydrogens is 228 g/mol. The van der Waals surface area contributed by atoms with Crippen LogP contribution in [0.5, 0.6) is 5.75 Å². The third-order valence-corrected chi connectivity index (χ3v) is 2.60. The molecule has 0 aromatic heterocycles.